The summed E-state index contributed by atoms with van der Waals surface area (Å²) < 4.78 is 11.5. The number of methoxy groups -OCH3 is 2. The molecule has 0 saturated carbocycles. The summed E-state index contributed by atoms with van der Waals surface area (Å²) in [5.74, 6) is -0.0717. The number of amides is 1. The van der Waals surface area contributed by atoms with Crippen molar-refractivity contribution in [2.75, 3.05) is 46.3 Å². The minimum atomic E-state index is -0.583. The van der Waals surface area contributed by atoms with Crippen molar-refractivity contribution >= 4 is 50.7 Å². The maximum absolute atomic E-state index is 13.7. The van der Waals surface area contributed by atoms with Crippen LogP contribution in [0.1, 0.15) is 27.9 Å². The van der Waals surface area contributed by atoms with Crippen molar-refractivity contribution in [3.05, 3.63) is 51.1 Å². The fourth-order valence-electron chi connectivity index (χ4n) is 3.53. The summed E-state index contributed by atoms with van der Waals surface area (Å²) >= 11 is 1.41. The zero-order valence-electron chi connectivity index (χ0n) is 20.1. The number of nitrogens with zero attached hydrogens (tertiary/aromatic N) is 4. The monoisotopic (exact) mass is 508 g/mol. The van der Waals surface area contributed by atoms with Gasteiger partial charge in [0.15, 0.2) is 16.6 Å². The van der Waals surface area contributed by atoms with Crippen LogP contribution in [0, 0.1) is 24.0 Å². The van der Waals surface area contributed by atoms with Gasteiger partial charge in [-0.2, -0.15) is 0 Å². The minimum absolute atomic E-state index is 0. The molecule has 0 bridgehead atoms. The highest BCUT2D eigenvalue weighted by molar-refractivity contribution is 7.22. The van der Waals surface area contributed by atoms with Gasteiger partial charge in [0, 0.05) is 12.6 Å². The zero-order valence-corrected chi connectivity index (χ0v) is 21.7. The highest BCUT2D eigenvalue weighted by Gasteiger charge is 2.30. The molecule has 0 aliphatic heterocycles. The summed E-state index contributed by atoms with van der Waals surface area (Å²) in [6.07, 6.45) is 0.674. The Morgan fingerprint density at radius 1 is 1.09 bits per heavy atom. The molecule has 0 N–H and O–H groups in total. The van der Waals surface area contributed by atoms with Crippen LogP contribution >= 0.6 is 23.7 Å². The molecule has 0 spiro atoms. The number of fused-ring (bicyclic) bond motifs is 1. The second-order valence-corrected chi connectivity index (χ2v) is 8.95. The van der Waals surface area contributed by atoms with E-state index in [0.29, 0.717) is 18.1 Å². The van der Waals surface area contributed by atoms with Gasteiger partial charge in [-0.1, -0.05) is 23.5 Å². The number of aryl methyl sites for hydroxylation is 2. The van der Waals surface area contributed by atoms with Crippen molar-refractivity contribution < 1.29 is 19.2 Å². The number of carbonyl (C=O) groups excluding carboxylic acids is 1. The molecular formula is C23H29ClN4O5S. The molecule has 0 unspecified atom stereocenters. The van der Waals surface area contributed by atoms with Crippen LogP contribution in [0.2, 0.25) is 0 Å². The first kappa shape index (κ1) is 27.3. The number of nitro benzene ring substituents is 1. The number of rotatable bonds is 9. The number of ether oxygens (including phenoxy) is 2. The number of carbonyl (C=O) groups is 1. The van der Waals surface area contributed by atoms with E-state index in [1.807, 2.05) is 45.0 Å². The number of nitro groups is 1. The third-order valence-corrected chi connectivity index (χ3v) is 6.54. The van der Waals surface area contributed by atoms with Crippen LogP contribution in [0.3, 0.4) is 0 Å². The maximum Gasteiger partial charge on any atom is 0.286 e. The van der Waals surface area contributed by atoms with Crippen LogP contribution < -0.4 is 14.4 Å². The maximum atomic E-state index is 13.7. The summed E-state index contributed by atoms with van der Waals surface area (Å²) in [4.78, 5) is 33.3. The van der Waals surface area contributed by atoms with E-state index in [1.165, 1.54) is 42.6 Å². The Balaban J connectivity index is 0.00000408. The van der Waals surface area contributed by atoms with Crippen LogP contribution in [0.5, 0.6) is 11.5 Å². The Morgan fingerprint density at radius 3 is 2.26 bits per heavy atom. The molecule has 1 aromatic heterocycles. The van der Waals surface area contributed by atoms with Gasteiger partial charge < -0.3 is 14.4 Å². The molecule has 9 nitrogen and oxygen atoms in total. The average molecular weight is 509 g/mol. The largest absolute Gasteiger partial charge is 0.493 e. The molecule has 34 heavy (non-hydrogen) atoms. The molecule has 184 valence electrons. The van der Waals surface area contributed by atoms with E-state index in [4.69, 9.17) is 14.5 Å². The molecule has 0 aliphatic carbocycles. The lowest BCUT2D eigenvalue weighted by molar-refractivity contribution is -0.385. The lowest BCUT2D eigenvalue weighted by Gasteiger charge is -2.21. The van der Waals surface area contributed by atoms with E-state index >= 15 is 0 Å². The van der Waals surface area contributed by atoms with Gasteiger partial charge in [0.25, 0.3) is 11.6 Å². The van der Waals surface area contributed by atoms with Gasteiger partial charge in [0.1, 0.15) is 5.56 Å². The second kappa shape index (κ2) is 11.5. The topological polar surface area (TPSA) is 98.0 Å². The number of benzene rings is 2. The normalized spacial score (nSPS) is 10.8. The molecule has 1 amide bonds. The third-order valence-electron chi connectivity index (χ3n) is 5.32. The van der Waals surface area contributed by atoms with Crippen LogP contribution in [0.4, 0.5) is 10.8 Å². The van der Waals surface area contributed by atoms with Crippen molar-refractivity contribution in [1.29, 1.82) is 0 Å². The van der Waals surface area contributed by atoms with Gasteiger partial charge in [-0.3, -0.25) is 19.8 Å². The molecule has 0 atom stereocenters. The van der Waals surface area contributed by atoms with Crippen molar-refractivity contribution in [2.24, 2.45) is 0 Å². The zero-order chi connectivity index (χ0) is 24.3. The summed E-state index contributed by atoms with van der Waals surface area (Å²) in [5, 5.41) is 12.3. The van der Waals surface area contributed by atoms with Crippen molar-refractivity contribution in [2.45, 2.75) is 20.3 Å². The molecule has 0 aliphatic rings. The summed E-state index contributed by atoms with van der Waals surface area (Å²) in [7, 11) is 6.72. The van der Waals surface area contributed by atoms with Gasteiger partial charge in [-0.05, 0) is 52.0 Å². The first-order chi connectivity index (χ1) is 15.7. The summed E-state index contributed by atoms with van der Waals surface area (Å²) in [6.45, 7) is 5.09. The molecule has 2 aromatic carbocycles. The Kier molecular flexibility index (Phi) is 9.20. The molecule has 11 heteroatoms. The Morgan fingerprint density at radius 2 is 1.71 bits per heavy atom. The van der Waals surface area contributed by atoms with E-state index < -0.39 is 10.8 Å². The first-order valence-electron chi connectivity index (χ1n) is 10.4. The third kappa shape index (κ3) is 5.57. The molecule has 0 radical (unpaired) electrons. The minimum Gasteiger partial charge on any atom is -0.493 e. The summed E-state index contributed by atoms with van der Waals surface area (Å²) in [5.41, 5.74) is 2.49. The molecule has 0 saturated heterocycles. The number of hydrogen-bond acceptors (Lipinski definition) is 8. The van der Waals surface area contributed by atoms with Crippen LogP contribution in [-0.4, -0.2) is 62.1 Å². The van der Waals surface area contributed by atoms with Crippen molar-refractivity contribution in [3.63, 3.8) is 0 Å². The highest BCUT2D eigenvalue weighted by atomic mass is 35.5. The van der Waals surface area contributed by atoms with Gasteiger partial charge in [0.2, 0.25) is 0 Å². The van der Waals surface area contributed by atoms with Crippen LogP contribution in [0.25, 0.3) is 10.2 Å². The van der Waals surface area contributed by atoms with E-state index in [-0.39, 0.29) is 35.2 Å². The lowest BCUT2D eigenvalue weighted by Crippen LogP contribution is -2.34. The highest BCUT2D eigenvalue weighted by Crippen LogP contribution is 2.38. The van der Waals surface area contributed by atoms with Gasteiger partial charge in [-0.15, -0.1) is 12.4 Å². The Labute approximate surface area is 208 Å². The fourth-order valence-corrected chi connectivity index (χ4v) is 4.66. The number of halogens is 1. The standard InChI is InChI=1S/C23H28N4O5S.ClH/c1-14-8-9-15(2)21-20(14)24-23(33-21)26(11-7-10-25(3)4)22(28)16-12-18(31-5)19(32-6)13-17(16)27(29)30;/h8-9,12-13H,7,10-11H2,1-6H3;1H. The van der Waals surface area contributed by atoms with E-state index in [1.54, 1.807) is 0 Å². The Hall–Kier alpha value is -2.95. The lowest BCUT2D eigenvalue weighted by atomic mass is 10.1. The predicted octanol–water partition coefficient (Wildman–Crippen LogP) is 4.86. The van der Waals surface area contributed by atoms with Gasteiger partial charge >= 0.3 is 0 Å². The van der Waals surface area contributed by atoms with Crippen molar-refractivity contribution in [3.8, 4) is 11.5 Å². The molecule has 3 aromatic rings. The SMILES string of the molecule is COc1cc(C(=O)N(CCCN(C)C)c2nc3c(C)ccc(C)c3s2)c([N+](=O)[O-])cc1OC.Cl. The second-order valence-electron chi connectivity index (χ2n) is 7.97. The van der Waals surface area contributed by atoms with E-state index in [2.05, 4.69) is 0 Å². The average Bonchev–Trinajstić information content (AvgIpc) is 3.24. The predicted molar refractivity (Wildman–Crippen MR) is 137 cm³/mol. The van der Waals surface area contributed by atoms with Crippen LogP contribution in [0.15, 0.2) is 24.3 Å². The Bertz CT molecular complexity index is 1160. The fraction of sp³-hybridized carbons (Fsp3) is 0.391. The molecule has 0 fully saturated rings. The van der Waals surface area contributed by atoms with Gasteiger partial charge in [0.05, 0.1) is 35.4 Å². The summed E-state index contributed by atoms with van der Waals surface area (Å²) in [6, 6.07) is 6.61. The number of aromatic nitrogens is 1. The van der Waals surface area contributed by atoms with Crippen LogP contribution in [-0.2, 0) is 0 Å². The van der Waals surface area contributed by atoms with E-state index in [0.717, 1.165) is 27.9 Å². The number of hydrogen-bond donors (Lipinski definition) is 0. The van der Waals surface area contributed by atoms with Crippen molar-refractivity contribution in [1.82, 2.24) is 9.88 Å². The number of thiazole rings is 1. The number of anilines is 1. The first-order valence-corrected chi connectivity index (χ1v) is 11.2. The molecule has 1 heterocycles. The smallest absolute Gasteiger partial charge is 0.286 e. The van der Waals surface area contributed by atoms with E-state index in [9.17, 15) is 14.9 Å². The quantitative estimate of drug-likeness (QED) is 0.300. The molecular weight excluding hydrogens is 480 g/mol. The molecule has 3 rings (SSSR count). The van der Waals surface area contributed by atoms with Gasteiger partial charge in [-0.25, -0.2) is 4.98 Å².